The Kier molecular flexibility index (Phi) is 4.57. The highest BCUT2D eigenvalue weighted by Crippen LogP contribution is 2.43. The maximum Gasteiger partial charge on any atom is 0.416 e. The lowest BCUT2D eigenvalue weighted by Crippen LogP contribution is -2.35. The van der Waals surface area contributed by atoms with Crippen LogP contribution in [0.3, 0.4) is 0 Å². The van der Waals surface area contributed by atoms with Gasteiger partial charge in [-0.15, -0.1) is 0 Å². The number of aromatic nitrogens is 2. The molecule has 2 atom stereocenters. The largest absolute Gasteiger partial charge is 0.416 e. The fourth-order valence-electron chi connectivity index (χ4n) is 3.34. The third-order valence-corrected chi connectivity index (χ3v) is 6.31. The van der Waals surface area contributed by atoms with Gasteiger partial charge in [0.25, 0.3) is 5.91 Å². The van der Waals surface area contributed by atoms with Gasteiger partial charge < -0.3 is 5.32 Å². The van der Waals surface area contributed by atoms with Crippen molar-refractivity contribution in [2.24, 2.45) is 0 Å². The summed E-state index contributed by atoms with van der Waals surface area (Å²) in [6.07, 6.45) is -0.619. The molecule has 144 valence electrons. The van der Waals surface area contributed by atoms with Gasteiger partial charge in [-0.1, -0.05) is 6.07 Å². The van der Waals surface area contributed by atoms with Crippen molar-refractivity contribution in [1.29, 1.82) is 0 Å². The SMILES string of the molecule is O=C(NC1CCS(=O)C1)c1cnn(-c2cccc(C(F)(F)F)c2)c1C1CC1. The van der Waals surface area contributed by atoms with Crippen LogP contribution in [0.25, 0.3) is 5.69 Å². The minimum Gasteiger partial charge on any atom is -0.348 e. The molecule has 5 nitrogen and oxygen atoms in total. The first kappa shape index (κ1) is 18.2. The van der Waals surface area contributed by atoms with Crippen LogP contribution in [0.2, 0.25) is 0 Å². The lowest BCUT2D eigenvalue weighted by molar-refractivity contribution is -0.137. The van der Waals surface area contributed by atoms with Gasteiger partial charge in [-0.25, -0.2) is 4.68 Å². The Balaban J connectivity index is 1.65. The topological polar surface area (TPSA) is 64.0 Å². The van der Waals surface area contributed by atoms with E-state index in [2.05, 4.69) is 10.4 Å². The number of rotatable bonds is 4. The Morgan fingerprint density at radius 3 is 2.67 bits per heavy atom. The van der Waals surface area contributed by atoms with Crippen LogP contribution < -0.4 is 5.32 Å². The molecule has 1 aromatic carbocycles. The number of alkyl halides is 3. The highest BCUT2D eigenvalue weighted by molar-refractivity contribution is 7.85. The summed E-state index contributed by atoms with van der Waals surface area (Å²) in [7, 11) is -0.905. The Labute approximate surface area is 156 Å². The van der Waals surface area contributed by atoms with Gasteiger partial charge in [-0.3, -0.25) is 9.00 Å². The van der Waals surface area contributed by atoms with E-state index in [0.717, 1.165) is 25.0 Å². The zero-order valence-corrected chi connectivity index (χ0v) is 15.1. The first-order valence-electron chi connectivity index (χ1n) is 8.74. The number of nitrogens with one attached hydrogen (secondary N) is 1. The second kappa shape index (κ2) is 6.78. The van der Waals surface area contributed by atoms with Gasteiger partial charge in [-0.2, -0.15) is 18.3 Å². The summed E-state index contributed by atoms with van der Waals surface area (Å²) in [5, 5.41) is 7.09. The summed E-state index contributed by atoms with van der Waals surface area (Å²) >= 11 is 0. The zero-order chi connectivity index (χ0) is 19.2. The van der Waals surface area contributed by atoms with Gasteiger partial charge in [0.05, 0.1) is 28.7 Å². The zero-order valence-electron chi connectivity index (χ0n) is 14.3. The summed E-state index contributed by atoms with van der Waals surface area (Å²) in [4.78, 5) is 12.7. The number of carbonyl (C=O) groups excluding carboxylic acids is 1. The number of nitrogens with zero attached hydrogens (tertiary/aromatic N) is 2. The predicted octanol–water partition coefficient (Wildman–Crippen LogP) is 3.02. The fourth-order valence-corrected chi connectivity index (χ4v) is 4.76. The molecule has 4 rings (SSSR count). The van der Waals surface area contributed by atoms with Crippen molar-refractivity contribution in [2.45, 2.75) is 37.4 Å². The summed E-state index contributed by atoms with van der Waals surface area (Å²) in [5.41, 5.74) is 0.558. The minimum absolute atomic E-state index is 0.112. The minimum atomic E-state index is -4.44. The van der Waals surface area contributed by atoms with Crippen molar-refractivity contribution in [3.05, 3.63) is 47.3 Å². The Bertz CT molecular complexity index is 905. The van der Waals surface area contributed by atoms with E-state index in [9.17, 15) is 22.2 Å². The third kappa shape index (κ3) is 3.78. The third-order valence-electron chi connectivity index (χ3n) is 4.85. The summed E-state index contributed by atoms with van der Waals surface area (Å²) in [6.45, 7) is 0. The van der Waals surface area contributed by atoms with E-state index in [4.69, 9.17) is 0 Å². The standard InChI is InChI=1S/C18H18F3N3O2S/c19-18(20,21)12-2-1-3-14(8-12)24-16(11-4-5-11)15(9-22-24)17(25)23-13-6-7-27(26)10-13/h1-3,8-9,11,13H,4-7,10H2,(H,23,25). The van der Waals surface area contributed by atoms with Crippen LogP contribution in [0, 0.1) is 0 Å². The molecule has 2 fully saturated rings. The Morgan fingerprint density at radius 1 is 1.26 bits per heavy atom. The molecule has 9 heteroatoms. The first-order valence-corrected chi connectivity index (χ1v) is 10.2. The van der Waals surface area contributed by atoms with Crippen LogP contribution in [-0.4, -0.2) is 37.4 Å². The molecule has 1 N–H and O–H groups in total. The molecular formula is C18H18F3N3O2S. The summed E-state index contributed by atoms with van der Waals surface area (Å²) in [5.74, 6) is 0.815. The number of hydrogen-bond donors (Lipinski definition) is 1. The summed E-state index contributed by atoms with van der Waals surface area (Å²) < 4.78 is 52.0. The quantitative estimate of drug-likeness (QED) is 0.863. The van der Waals surface area contributed by atoms with Crippen LogP contribution in [-0.2, 0) is 17.0 Å². The number of amides is 1. The van der Waals surface area contributed by atoms with Crippen molar-refractivity contribution in [3.63, 3.8) is 0 Å². The normalized spacial score (nSPS) is 22.8. The van der Waals surface area contributed by atoms with E-state index >= 15 is 0 Å². The van der Waals surface area contributed by atoms with Gasteiger partial charge >= 0.3 is 6.18 Å². The second-order valence-electron chi connectivity index (χ2n) is 6.95. The van der Waals surface area contributed by atoms with E-state index in [0.29, 0.717) is 29.2 Å². The molecule has 0 spiro atoms. The van der Waals surface area contributed by atoms with Crippen molar-refractivity contribution in [2.75, 3.05) is 11.5 Å². The van der Waals surface area contributed by atoms with Crippen LogP contribution in [0.15, 0.2) is 30.5 Å². The fraction of sp³-hybridized carbons (Fsp3) is 0.444. The van der Waals surface area contributed by atoms with Crippen molar-refractivity contribution < 1.29 is 22.2 Å². The molecule has 2 unspecified atom stereocenters. The van der Waals surface area contributed by atoms with Gasteiger partial charge in [-0.05, 0) is 37.5 Å². The lowest BCUT2D eigenvalue weighted by Gasteiger charge is -2.13. The van der Waals surface area contributed by atoms with E-state index in [-0.39, 0.29) is 23.6 Å². The molecule has 2 aromatic rings. The highest BCUT2D eigenvalue weighted by Gasteiger charge is 2.35. The second-order valence-corrected chi connectivity index (χ2v) is 8.57. The highest BCUT2D eigenvalue weighted by atomic mass is 32.2. The average molecular weight is 397 g/mol. The lowest BCUT2D eigenvalue weighted by atomic mass is 10.1. The monoisotopic (exact) mass is 397 g/mol. The van der Waals surface area contributed by atoms with E-state index in [1.54, 1.807) is 6.07 Å². The molecule has 1 aromatic heterocycles. The number of carbonyl (C=O) groups is 1. The van der Waals surface area contributed by atoms with Crippen molar-refractivity contribution >= 4 is 16.7 Å². The number of halogens is 3. The Morgan fingerprint density at radius 2 is 2.04 bits per heavy atom. The van der Waals surface area contributed by atoms with Gasteiger partial charge in [0.1, 0.15) is 0 Å². The maximum atomic E-state index is 13.0. The average Bonchev–Trinajstić information content (AvgIpc) is 3.22. The predicted molar refractivity (Wildman–Crippen MR) is 94.3 cm³/mol. The molecule has 0 radical (unpaired) electrons. The number of hydrogen-bond acceptors (Lipinski definition) is 3. The smallest absolute Gasteiger partial charge is 0.348 e. The molecule has 2 aliphatic rings. The molecular weight excluding hydrogens is 379 g/mol. The molecule has 0 bridgehead atoms. The van der Waals surface area contributed by atoms with Gasteiger partial charge in [0.15, 0.2) is 0 Å². The maximum absolute atomic E-state index is 13.0. The molecule has 1 amide bonds. The molecule has 1 aliphatic heterocycles. The molecule has 1 saturated carbocycles. The van der Waals surface area contributed by atoms with E-state index in [1.165, 1.54) is 16.9 Å². The van der Waals surface area contributed by atoms with Gasteiger partial charge in [0.2, 0.25) is 0 Å². The van der Waals surface area contributed by atoms with Crippen LogP contribution in [0.5, 0.6) is 0 Å². The Hall–Kier alpha value is -2.16. The van der Waals surface area contributed by atoms with E-state index in [1.807, 2.05) is 0 Å². The van der Waals surface area contributed by atoms with Crippen molar-refractivity contribution in [1.82, 2.24) is 15.1 Å². The number of benzene rings is 1. The van der Waals surface area contributed by atoms with E-state index < -0.39 is 22.5 Å². The first-order chi connectivity index (χ1) is 12.8. The molecule has 1 saturated heterocycles. The molecule has 27 heavy (non-hydrogen) atoms. The molecule has 1 aliphatic carbocycles. The van der Waals surface area contributed by atoms with Crippen LogP contribution in [0.1, 0.15) is 46.8 Å². The van der Waals surface area contributed by atoms with Crippen molar-refractivity contribution in [3.8, 4) is 5.69 Å². The van der Waals surface area contributed by atoms with Crippen LogP contribution >= 0.6 is 0 Å². The summed E-state index contributed by atoms with van der Waals surface area (Å²) in [6, 6.07) is 4.81. The molecule has 2 heterocycles. The van der Waals surface area contributed by atoms with Crippen LogP contribution in [0.4, 0.5) is 13.2 Å². The van der Waals surface area contributed by atoms with Gasteiger partial charge in [0, 0.05) is 34.3 Å².